The van der Waals surface area contributed by atoms with Crippen molar-refractivity contribution in [1.82, 2.24) is 0 Å². The van der Waals surface area contributed by atoms with E-state index < -0.39 is 9.84 Å². The fourth-order valence-corrected chi connectivity index (χ4v) is 4.63. The second-order valence-electron chi connectivity index (χ2n) is 5.59. The maximum absolute atomic E-state index is 11.6. The van der Waals surface area contributed by atoms with Crippen LogP contribution in [0.5, 0.6) is 0 Å². The van der Waals surface area contributed by atoms with Crippen LogP contribution in [0, 0.1) is 5.92 Å². The van der Waals surface area contributed by atoms with Gasteiger partial charge in [0.15, 0.2) is 9.84 Å². The monoisotopic (exact) mass is 327 g/mol. The zero-order valence-corrected chi connectivity index (χ0v) is 13.8. The zero-order valence-electron chi connectivity index (χ0n) is 12.1. The number of sulfone groups is 1. The summed E-state index contributed by atoms with van der Waals surface area (Å²) in [5.41, 5.74) is 6.53. The molecule has 1 amide bonds. The van der Waals surface area contributed by atoms with Gasteiger partial charge in [-0.2, -0.15) is 0 Å². The summed E-state index contributed by atoms with van der Waals surface area (Å²) in [7, 11) is -3.16. The van der Waals surface area contributed by atoms with Gasteiger partial charge in [0.2, 0.25) is 5.91 Å². The Bertz CT molecular complexity index is 590. The smallest absolute Gasteiger partial charge is 0.230 e. The van der Waals surface area contributed by atoms with E-state index in [1.165, 1.54) is 19.1 Å². The van der Waals surface area contributed by atoms with Crippen molar-refractivity contribution in [2.24, 2.45) is 11.7 Å². The molecule has 0 radical (unpaired) electrons. The second kappa shape index (κ2) is 6.83. The number of thioether (sulfide) groups is 1. The predicted molar refractivity (Wildman–Crippen MR) is 85.8 cm³/mol. The third-order valence-corrected chi connectivity index (χ3v) is 6.49. The maximum atomic E-state index is 11.6. The number of benzene rings is 1. The highest BCUT2D eigenvalue weighted by molar-refractivity contribution is 7.99. The topological polar surface area (TPSA) is 77.2 Å². The molecule has 1 fully saturated rings. The molecule has 2 N–H and O–H groups in total. The SMILES string of the molecule is CS(=O)(=O)c1ccc(CSC(C(N)=O)C2CCCC2)cc1. The van der Waals surface area contributed by atoms with Crippen molar-refractivity contribution in [3.8, 4) is 0 Å². The first kappa shape index (κ1) is 16.4. The lowest BCUT2D eigenvalue weighted by Crippen LogP contribution is -2.31. The van der Waals surface area contributed by atoms with E-state index in [1.54, 1.807) is 36.0 Å². The van der Waals surface area contributed by atoms with Gasteiger partial charge >= 0.3 is 0 Å². The van der Waals surface area contributed by atoms with Gasteiger partial charge in [-0.15, -0.1) is 11.8 Å². The average Bonchev–Trinajstić information content (AvgIpc) is 2.92. The minimum Gasteiger partial charge on any atom is -0.369 e. The van der Waals surface area contributed by atoms with Gasteiger partial charge in [0, 0.05) is 12.0 Å². The first-order chi connectivity index (χ1) is 9.88. The van der Waals surface area contributed by atoms with E-state index in [1.807, 2.05) is 0 Å². The average molecular weight is 327 g/mol. The summed E-state index contributed by atoms with van der Waals surface area (Å²) in [4.78, 5) is 11.9. The molecule has 0 heterocycles. The van der Waals surface area contributed by atoms with Crippen LogP contribution in [0.2, 0.25) is 0 Å². The number of hydrogen-bond acceptors (Lipinski definition) is 4. The van der Waals surface area contributed by atoms with E-state index in [-0.39, 0.29) is 11.2 Å². The number of amides is 1. The molecule has 0 aliphatic heterocycles. The van der Waals surface area contributed by atoms with Gasteiger partial charge < -0.3 is 5.73 Å². The van der Waals surface area contributed by atoms with E-state index in [4.69, 9.17) is 5.73 Å². The molecule has 116 valence electrons. The van der Waals surface area contributed by atoms with Crippen LogP contribution >= 0.6 is 11.8 Å². The van der Waals surface area contributed by atoms with E-state index >= 15 is 0 Å². The van der Waals surface area contributed by atoms with Crippen LogP contribution in [0.3, 0.4) is 0 Å². The fourth-order valence-electron chi connectivity index (χ4n) is 2.73. The largest absolute Gasteiger partial charge is 0.369 e. The third kappa shape index (κ3) is 4.48. The van der Waals surface area contributed by atoms with Crippen molar-refractivity contribution in [3.05, 3.63) is 29.8 Å². The minimum atomic E-state index is -3.16. The maximum Gasteiger partial charge on any atom is 0.230 e. The summed E-state index contributed by atoms with van der Waals surface area (Å²) >= 11 is 1.57. The van der Waals surface area contributed by atoms with Crippen LogP contribution in [-0.4, -0.2) is 25.8 Å². The van der Waals surface area contributed by atoms with Gasteiger partial charge in [-0.05, 0) is 36.5 Å². The molecule has 1 aliphatic carbocycles. The molecule has 1 aromatic rings. The number of carbonyl (C=O) groups excluding carboxylic acids is 1. The highest BCUT2D eigenvalue weighted by Crippen LogP contribution is 2.35. The standard InChI is InChI=1S/C15H21NO3S2/c1-21(18,19)13-8-6-11(7-9-13)10-20-14(15(16)17)12-4-2-3-5-12/h6-9,12,14H,2-5,10H2,1H3,(H2,16,17). The number of primary amides is 1. The highest BCUT2D eigenvalue weighted by atomic mass is 32.2. The van der Waals surface area contributed by atoms with Crippen LogP contribution in [0.15, 0.2) is 29.2 Å². The molecule has 21 heavy (non-hydrogen) atoms. The first-order valence-corrected chi connectivity index (χ1v) is 10.0. The van der Waals surface area contributed by atoms with Crippen LogP contribution < -0.4 is 5.73 Å². The first-order valence-electron chi connectivity index (χ1n) is 7.08. The molecule has 0 bridgehead atoms. The zero-order chi connectivity index (χ0) is 15.5. The summed E-state index contributed by atoms with van der Waals surface area (Å²) < 4.78 is 22.8. The van der Waals surface area contributed by atoms with Gasteiger partial charge in [0.05, 0.1) is 10.1 Å². The molecule has 0 saturated heterocycles. The molecule has 0 aromatic heterocycles. The van der Waals surface area contributed by atoms with Crippen molar-refractivity contribution in [1.29, 1.82) is 0 Å². The van der Waals surface area contributed by atoms with E-state index in [0.29, 0.717) is 16.6 Å². The molecule has 1 atom stereocenters. The molecular formula is C15H21NO3S2. The van der Waals surface area contributed by atoms with Crippen molar-refractivity contribution < 1.29 is 13.2 Å². The van der Waals surface area contributed by atoms with Crippen molar-refractivity contribution in [3.63, 3.8) is 0 Å². The molecule has 1 saturated carbocycles. The summed E-state index contributed by atoms with van der Waals surface area (Å²) in [5, 5.41) is -0.137. The van der Waals surface area contributed by atoms with Crippen molar-refractivity contribution in [2.45, 2.75) is 41.6 Å². The Morgan fingerprint density at radius 3 is 2.33 bits per heavy atom. The molecule has 6 heteroatoms. The molecule has 2 rings (SSSR count). The Morgan fingerprint density at radius 1 is 1.29 bits per heavy atom. The Hall–Kier alpha value is -1.01. The number of hydrogen-bond donors (Lipinski definition) is 1. The molecule has 1 aliphatic rings. The number of rotatable bonds is 6. The molecular weight excluding hydrogens is 306 g/mol. The second-order valence-corrected chi connectivity index (χ2v) is 8.74. The van der Waals surface area contributed by atoms with Gasteiger partial charge in [-0.3, -0.25) is 4.79 Å². The van der Waals surface area contributed by atoms with Crippen molar-refractivity contribution >= 4 is 27.5 Å². The molecule has 4 nitrogen and oxygen atoms in total. The normalized spacial score (nSPS) is 17.8. The quantitative estimate of drug-likeness (QED) is 0.870. The Balaban J connectivity index is 1.99. The van der Waals surface area contributed by atoms with Crippen LogP contribution in [0.25, 0.3) is 0 Å². The Morgan fingerprint density at radius 2 is 1.86 bits per heavy atom. The lowest BCUT2D eigenvalue weighted by molar-refractivity contribution is -0.118. The van der Waals surface area contributed by atoms with Gasteiger partial charge in [0.25, 0.3) is 0 Å². The van der Waals surface area contributed by atoms with Crippen LogP contribution in [-0.2, 0) is 20.4 Å². The van der Waals surface area contributed by atoms with Crippen LogP contribution in [0.4, 0.5) is 0 Å². The molecule has 1 aromatic carbocycles. The third-order valence-electron chi connectivity index (χ3n) is 3.89. The molecule has 0 spiro atoms. The van der Waals surface area contributed by atoms with Gasteiger partial charge in [-0.25, -0.2) is 8.42 Å². The van der Waals surface area contributed by atoms with Gasteiger partial charge in [0.1, 0.15) is 0 Å². The number of nitrogens with two attached hydrogens (primary N) is 1. The van der Waals surface area contributed by atoms with E-state index in [0.717, 1.165) is 18.4 Å². The summed E-state index contributed by atoms with van der Waals surface area (Å²) in [6.45, 7) is 0. The summed E-state index contributed by atoms with van der Waals surface area (Å²) in [6, 6.07) is 6.83. The van der Waals surface area contributed by atoms with E-state index in [9.17, 15) is 13.2 Å². The summed E-state index contributed by atoms with van der Waals surface area (Å²) in [5.74, 6) is 0.830. The lowest BCUT2D eigenvalue weighted by atomic mass is 10.0. The molecule has 1 unspecified atom stereocenters. The number of carbonyl (C=O) groups is 1. The van der Waals surface area contributed by atoms with Crippen molar-refractivity contribution in [2.75, 3.05) is 6.26 Å². The summed E-state index contributed by atoms with van der Waals surface area (Å²) in [6.07, 6.45) is 5.71. The minimum absolute atomic E-state index is 0.137. The predicted octanol–water partition coefficient (Wildman–Crippen LogP) is 2.37. The van der Waals surface area contributed by atoms with E-state index in [2.05, 4.69) is 0 Å². The van der Waals surface area contributed by atoms with Gasteiger partial charge in [-0.1, -0.05) is 25.0 Å². The highest BCUT2D eigenvalue weighted by Gasteiger charge is 2.29. The fraction of sp³-hybridized carbons (Fsp3) is 0.533. The van der Waals surface area contributed by atoms with Crippen LogP contribution in [0.1, 0.15) is 31.2 Å². The Labute approximate surface area is 130 Å². The lowest BCUT2D eigenvalue weighted by Gasteiger charge is -2.19. The Kier molecular flexibility index (Phi) is 5.32.